The Morgan fingerprint density at radius 3 is 1.00 bits per heavy atom. The average Bonchev–Trinajstić information content (AvgIpc) is 2.42. The second-order valence-corrected chi connectivity index (χ2v) is 4.29. The van der Waals surface area contributed by atoms with Crippen LogP contribution in [0.4, 0.5) is 0 Å². The minimum absolute atomic E-state index is 0. The number of aliphatic hydroxyl groups excluding tert-OH is 2. The molecule has 7 heteroatoms. The summed E-state index contributed by atoms with van der Waals surface area (Å²) in [6, 6.07) is 0. The number of carbonyl (C=O) groups excluding carboxylic acids is 2. The largest absolute Gasteiger partial charge is 2.00 e. The van der Waals surface area contributed by atoms with Crippen LogP contribution in [-0.4, -0.2) is 35.4 Å². The van der Waals surface area contributed by atoms with Gasteiger partial charge in [-0.05, 0) is 37.8 Å². The fraction of sp³-hybridized carbons (Fsp3) is 0.625. The van der Waals surface area contributed by atoms with Crippen LogP contribution < -0.4 is 10.2 Å². The molecule has 0 aliphatic rings. The van der Waals surface area contributed by atoms with E-state index in [0.29, 0.717) is 13.2 Å². The number of carbonyl (C=O) groups is 2. The Morgan fingerprint density at radius 2 is 1.00 bits per heavy atom. The predicted octanol–water partition coefficient (Wildman–Crippen LogP) is 0.180. The van der Waals surface area contributed by atoms with Crippen molar-refractivity contribution in [3.05, 3.63) is 24.3 Å². The molecule has 0 rings (SSSR count). The fourth-order valence-electron chi connectivity index (χ4n) is 0.316. The third-order valence-electron chi connectivity index (χ3n) is 1.72. The number of aliphatic hydroxyl groups is 2. The first-order chi connectivity index (χ1) is 10.1. The summed E-state index contributed by atoms with van der Waals surface area (Å²) in [6.07, 6.45) is 4.08. The first-order valence-corrected chi connectivity index (χ1v) is 7.07. The Kier molecular flexibility index (Phi) is 42.9. The summed E-state index contributed by atoms with van der Waals surface area (Å²) in [7, 11) is 0. The molecule has 0 aliphatic heterocycles. The third-order valence-corrected chi connectivity index (χ3v) is 1.72. The van der Waals surface area contributed by atoms with Crippen LogP contribution in [0, 0.1) is 0 Å². The Labute approximate surface area is 159 Å². The molecule has 0 radical (unpaired) electrons. The van der Waals surface area contributed by atoms with Crippen LogP contribution in [0.15, 0.2) is 24.3 Å². The average molecular weight is 410 g/mol. The summed E-state index contributed by atoms with van der Waals surface area (Å²) in [4.78, 5) is 19.0. The Hall–Kier alpha value is -0.777. The van der Waals surface area contributed by atoms with Gasteiger partial charge in [-0.15, -0.1) is 0 Å². The van der Waals surface area contributed by atoms with E-state index in [0.717, 1.165) is 25.7 Å². The standard InChI is InChI=1S/2C4H6O2.2C4H10O.Zr/c2*1-3(2)4(5)6;2*1-2-3-4-5;/h2*1H2,2H3,(H,5,6);2*5H,2-4H2,1H3;/q;;;;+2/p-2. The van der Waals surface area contributed by atoms with Crippen LogP contribution in [0.2, 0.25) is 0 Å². The quantitative estimate of drug-likeness (QED) is 0.604. The van der Waals surface area contributed by atoms with Crippen molar-refractivity contribution in [3.8, 4) is 0 Å². The van der Waals surface area contributed by atoms with Gasteiger partial charge >= 0.3 is 26.2 Å². The maximum Gasteiger partial charge on any atom is 2.00 e. The van der Waals surface area contributed by atoms with Crippen molar-refractivity contribution in [1.82, 2.24) is 0 Å². The molecule has 0 spiro atoms. The third kappa shape index (κ3) is 62.3. The van der Waals surface area contributed by atoms with Gasteiger partial charge in [0, 0.05) is 13.2 Å². The molecule has 23 heavy (non-hydrogen) atoms. The summed E-state index contributed by atoms with van der Waals surface area (Å²) in [5.41, 5.74) is 0.130. The van der Waals surface area contributed by atoms with Crippen LogP contribution >= 0.6 is 0 Å². The molecule has 2 N–H and O–H groups in total. The molecular weight excluding hydrogens is 379 g/mol. The van der Waals surface area contributed by atoms with Crippen LogP contribution in [0.5, 0.6) is 0 Å². The SMILES string of the molecule is C=C(C)C(=O)[O-].C=C(C)C(=O)[O-].CCCCO.CCCCO.[Zr+2]. The van der Waals surface area contributed by atoms with E-state index in [4.69, 9.17) is 10.2 Å². The molecule has 0 aliphatic carbocycles. The monoisotopic (exact) mass is 408 g/mol. The van der Waals surface area contributed by atoms with Crippen molar-refractivity contribution in [2.24, 2.45) is 0 Å². The van der Waals surface area contributed by atoms with Gasteiger partial charge in [0.2, 0.25) is 0 Å². The smallest absolute Gasteiger partial charge is 0.545 e. The zero-order valence-corrected chi connectivity index (χ0v) is 17.1. The molecule has 0 aromatic rings. The van der Waals surface area contributed by atoms with E-state index >= 15 is 0 Å². The molecule has 0 atom stereocenters. The number of hydrogen-bond acceptors (Lipinski definition) is 6. The van der Waals surface area contributed by atoms with Gasteiger partial charge < -0.3 is 30.0 Å². The minimum Gasteiger partial charge on any atom is -0.545 e. The minimum atomic E-state index is -1.19. The molecule has 0 aromatic carbocycles. The Bertz CT molecular complexity index is 245. The van der Waals surface area contributed by atoms with Gasteiger partial charge in [-0.1, -0.05) is 39.8 Å². The molecule has 134 valence electrons. The van der Waals surface area contributed by atoms with E-state index in [-0.39, 0.29) is 37.3 Å². The van der Waals surface area contributed by atoms with E-state index < -0.39 is 11.9 Å². The Morgan fingerprint density at radius 1 is 0.826 bits per heavy atom. The van der Waals surface area contributed by atoms with Gasteiger partial charge in [0.15, 0.2) is 0 Å². The van der Waals surface area contributed by atoms with Crippen LogP contribution in [-0.2, 0) is 35.8 Å². The van der Waals surface area contributed by atoms with Crippen molar-refractivity contribution < 1.29 is 56.2 Å². The number of hydrogen-bond donors (Lipinski definition) is 2. The normalized spacial score (nSPS) is 7.57. The second kappa shape index (κ2) is 29.3. The van der Waals surface area contributed by atoms with Gasteiger partial charge in [-0.3, -0.25) is 0 Å². The van der Waals surface area contributed by atoms with Crippen LogP contribution in [0.1, 0.15) is 53.4 Å². The van der Waals surface area contributed by atoms with Gasteiger partial charge in [0.05, 0.1) is 11.9 Å². The van der Waals surface area contributed by atoms with Crippen molar-refractivity contribution >= 4 is 11.9 Å². The second-order valence-electron chi connectivity index (χ2n) is 4.29. The topological polar surface area (TPSA) is 121 Å². The van der Waals surface area contributed by atoms with E-state index in [9.17, 15) is 19.8 Å². The summed E-state index contributed by atoms with van der Waals surface area (Å²) in [6.45, 7) is 13.7. The zero-order chi connectivity index (χ0) is 18.6. The van der Waals surface area contributed by atoms with Gasteiger partial charge in [-0.2, -0.15) is 0 Å². The molecule has 0 aromatic heterocycles. The molecule has 0 saturated heterocycles. The van der Waals surface area contributed by atoms with Crippen molar-refractivity contribution in [2.75, 3.05) is 13.2 Å². The van der Waals surface area contributed by atoms with Crippen molar-refractivity contribution in [1.29, 1.82) is 0 Å². The van der Waals surface area contributed by atoms with Crippen molar-refractivity contribution in [2.45, 2.75) is 53.4 Å². The van der Waals surface area contributed by atoms with Gasteiger partial charge in [0.25, 0.3) is 0 Å². The predicted molar refractivity (Wildman–Crippen MR) is 83.6 cm³/mol. The summed E-state index contributed by atoms with van der Waals surface area (Å²) in [5, 5.41) is 35.1. The fourth-order valence-corrected chi connectivity index (χ4v) is 0.316. The molecule has 6 nitrogen and oxygen atoms in total. The number of aliphatic carboxylic acids is 2. The van der Waals surface area contributed by atoms with E-state index in [1.807, 2.05) is 0 Å². The molecule has 0 unspecified atom stereocenters. The van der Waals surface area contributed by atoms with Crippen LogP contribution in [0.25, 0.3) is 0 Å². The van der Waals surface area contributed by atoms with E-state index in [2.05, 4.69) is 27.0 Å². The number of rotatable bonds is 6. The molecule has 0 heterocycles. The first-order valence-electron chi connectivity index (χ1n) is 7.07. The van der Waals surface area contributed by atoms with E-state index in [1.165, 1.54) is 13.8 Å². The number of carboxylic acid groups (broad SMARTS) is 2. The van der Waals surface area contributed by atoms with Gasteiger partial charge in [-0.25, -0.2) is 0 Å². The molecule has 0 saturated carbocycles. The Balaban J connectivity index is -0.0000000620. The molecular formula is C16H30O6Zr. The van der Waals surface area contributed by atoms with E-state index in [1.54, 1.807) is 0 Å². The summed E-state index contributed by atoms with van der Waals surface area (Å²) < 4.78 is 0. The first kappa shape index (κ1) is 33.7. The maximum absolute atomic E-state index is 9.49. The van der Waals surface area contributed by atoms with Crippen molar-refractivity contribution in [3.63, 3.8) is 0 Å². The molecule has 0 fully saturated rings. The maximum atomic E-state index is 9.49. The molecule has 0 amide bonds. The molecule has 0 bridgehead atoms. The van der Waals surface area contributed by atoms with Crippen LogP contribution in [0.3, 0.4) is 0 Å². The van der Waals surface area contributed by atoms with Gasteiger partial charge in [0.1, 0.15) is 0 Å². The summed E-state index contributed by atoms with van der Waals surface area (Å²) >= 11 is 0. The number of carboxylic acids is 2. The zero-order valence-electron chi connectivity index (χ0n) is 14.7. The number of unbranched alkanes of at least 4 members (excludes halogenated alkanes) is 2. The summed E-state index contributed by atoms with van der Waals surface area (Å²) in [5.74, 6) is -2.37.